The molecule has 0 spiro atoms. The van der Waals surface area contributed by atoms with E-state index in [2.05, 4.69) is 78.8 Å². The lowest BCUT2D eigenvalue weighted by Gasteiger charge is -2.39. The maximum atomic E-state index is 6.93. The summed E-state index contributed by atoms with van der Waals surface area (Å²) in [6.07, 6.45) is 3.94. The summed E-state index contributed by atoms with van der Waals surface area (Å²) in [4.78, 5) is 0. The summed E-state index contributed by atoms with van der Waals surface area (Å²) in [6, 6.07) is 11.2. The molecule has 0 saturated carbocycles. The van der Waals surface area contributed by atoms with Gasteiger partial charge in [0.05, 0.1) is 11.4 Å². The van der Waals surface area contributed by atoms with E-state index < -0.39 is 0 Å². The van der Waals surface area contributed by atoms with Gasteiger partial charge in [0.2, 0.25) is 0 Å². The maximum Gasteiger partial charge on any atom is 0.0921 e. The third kappa shape index (κ3) is 4.58. The average molecular weight is 334 g/mol. The molecular weight excluding hydrogens is 299 g/mol. The zero-order chi connectivity index (χ0) is 17.3. The highest BCUT2D eigenvalue weighted by Crippen LogP contribution is 2.63. The standard InChI is InChI=1S/C21H35OP/c1-16(2)13-21(14-17(3)4)22-19(20(5,6)7)15-23(21)18-11-9-8-10-12-18/h8-12,16-17,19H,13-15H2,1-7H3/t19-,23?/m0/s1. The monoisotopic (exact) mass is 334 g/mol. The van der Waals surface area contributed by atoms with Crippen LogP contribution >= 0.6 is 7.92 Å². The van der Waals surface area contributed by atoms with Crippen LogP contribution in [0.1, 0.15) is 61.3 Å². The minimum atomic E-state index is -0.279. The molecule has 1 aliphatic rings. The van der Waals surface area contributed by atoms with Crippen molar-refractivity contribution in [1.29, 1.82) is 0 Å². The van der Waals surface area contributed by atoms with Crippen molar-refractivity contribution in [3.63, 3.8) is 0 Å². The third-order valence-corrected chi connectivity index (χ3v) is 7.76. The van der Waals surface area contributed by atoms with Crippen LogP contribution in [0.5, 0.6) is 0 Å². The van der Waals surface area contributed by atoms with Crippen molar-refractivity contribution in [2.75, 3.05) is 6.16 Å². The topological polar surface area (TPSA) is 9.23 Å². The van der Waals surface area contributed by atoms with Gasteiger partial charge in [0, 0.05) is 6.16 Å². The van der Waals surface area contributed by atoms with Gasteiger partial charge in [-0.1, -0.05) is 78.8 Å². The van der Waals surface area contributed by atoms with Gasteiger partial charge in [-0.3, -0.25) is 0 Å². The smallest absolute Gasteiger partial charge is 0.0921 e. The van der Waals surface area contributed by atoms with E-state index in [0.717, 1.165) is 0 Å². The van der Waals surface area contributed by atoms with Gasteiger partial charge in [0.25, 0.3) is 0 Å². The fourth-order valence-corrected chi connectivity index (χ4v) is 7.70. The fourth-order valence-electron chi connectivity index (χ4n) is 3.77. The van der Waals surface area contributed by atoms with E-state index in [9.17, 15) is 0 Å². The Labute approximate surface area is 145 Å². The van der Waals surface area contributed by atoms with E-state index in [1.165, 1.54) is 24.3 Å². The van der Waals surface area contributed by atoms with Crippen LogP contribution in [0.25, 0.3) is 0 Å². The molecule has 23 heavy (non-hydrogen) atoms. The zero-order valence-corrected chi connectivity index (χ0v) is 17.0. The summed E-state index contributed by atoms with van der Waals surface area (Å²) < 4.78 is 6.93. The van der Waals surface area contributed by atoms with E-state index in [1.807, 2.05) is 0 Å². The first kappa shape index (κ1) is 18.9. The van der Waals surface area contributed by atoms with Crippen molar-refractivity contribution in [2.24, 2.45) is 17.3 Å². The average Bonchev–Trinajstić information content (AvgIpc) is 2.77. The van der Waals surface area contributed by atoms with Gasteiger partial charge >= 0.3 is 0 Å². The van der Waals surface area contributed by atoms with Gasteiger partial charge < -0.3 is 4.74 Å². The van der Waals surface area contributed by atoms with Crippen LogP contribution in [0.4, 0.5) is 0 Å². The van der Waals surface area contributed by atoms with Crippen LogP contribution in [0, 0.1) is 17.3 Å². The molecule has 2 heteroatoms. The molecule has 0 aliphatic carbocycles. The zero-order valence-electron chi connectivity index (χ0n) is 16.1. The van der Waals surface area contributed by atoms with Crippen LogP contribution in [-0.2, 0) is 4.74 Å². The van der Waals surface area contributed by atoms with Crippen LogP contribution in [-0.4, -0.2) is 17.6 Å². The van der Waals surface area contributed by atoms with Crippen LogP contribution in [0.2, 0.25) is 0 Å². The molecule has 0 bridgehead atoms. The molecule has 1 nitrogen and oxygen atoms in total. The number of rotatable bonds is 5. The van der Waals surface area contributed by atoms with E-state index in [-0.39, 0.29) is 18.7 Å². The highest BCUT2D eigenvalue weighted by atomic mass is 31.1. The van der Waals surface area contributed by atoms with E-state index >= 15 is 0 Å². The summed E-state index contributed by atoms with van der Waals surface area (Å²) in [5, 5.41) is 1.58. The molecule has 0 aromatic heterocycles. The highest BCUT2D eigenvalue weighted by molar-refractivity contribution is 7.67. The molecular formula is C21H35OP. The molecule has 1 aromatic carbocycles. The van der Waals surface area contributed by atoms with Crippen molar-refractivity contribution >= 4 is 13.2 Å². The second-order valence-corrected chi connectivity index (χ2v) is 11.6. The number of hydrogen-bond donors (Lipinski definition) is 0. The molecule has 1 fully saturated rings. The molecule has 1 unspecified atom stereocenters. The van der Waals surface area contributed by atoms with Crippen molar-refractivity contribution in [3.05, 3.63) is 30.3 Å². The van der Waals surface area contributed by atoms with Gasteiger partial charge in [-0.2, -0.15) is 0 Å². The summed E-state index contributed by atoms with van der Waals surface area (Å²) in [6.45, 7) is 16.4. The second kappa shape index (κ2) is 7.24. The van der Waals surface area contributed by atoms with Gasteiger partial charge in [0.15, 0.2) is 0 Å². The van der Waals surface area contributed by atoms with Crippen molar-refractivity contribution in [3.8, 4) is 0 Å². The Morgan fingerprint density at radius 1 is 1.04 bits per heavy atom. The fraction of sp³-hybridized carbons (Fsp3) is 0.714. The van der Waals surface area contributed by atoms with E-state index in [0.29, 0.717) is 17.9 Å². The molecule has 1 heterocycles. The Bertz CT molecular complexity index is 476. The number of benzene rings is 1. The van der Waals surface area contributed by atoms with E-state index in [4.69, 9.17) is 4.74 Å². The predicted molar refractivity (Wildman–Crippen MR) is 104 cm³/mol. The Balaban J connectivity index is 2.43. The van der Waals surface area contributed by atoms with Crippen LogP contribution < -0.4 is 5.30 Å². The summed E-state index contributed by atoms with van der Waals surface area (Å²) in [5.74, 6) is 1.34. The van der Waals surface area contributed by atoms with Gasteiger partial charge in [0.1, 0.15) is 0 Å². The lowest BCUT2D eigenvalue weighted by atomic mass is 9.89. The lowest BCUT2D eigenvalue weighted by molar-refractivity contribution is -0.0738. The van der Waals surface area contributed by atoms with Gasteiger partial charge in [-0.05, 0) is 43.3 Å². The van der Waals surface area contributed by atoms with Crippen molar-refractivity contribution in [2.45, 2.75) is 72.8 Å². The predicted octanol–water partition coefficient (Wildman–Crippen LogP) is 6.03. The van der Waals surface area contributed by atoms with E-state index in [1.54, 1.807) is 0 Å². The number of ether oxygens (including phenoxy) is 1. The first-order valence-electron chi connectivity index (χ1n) is 9.14. The molecule has 1 aliphatic heterocycles. The molecule has 2 rings (SSSR count). The SMILES string of the molecule is CC(C)CC1(CC(C)C)O[C@H](C(C)(C)C)CP1c1ccccc1. The summed E-state index contributed by atoms with van der Waals surface area (Å²) in [5.41, 5.74) is 0.213. The minimum absolute atomic E-state index is 0.0525. The lowest BCUT2D eigenvalue weighted by Crippen LogP contribution is -2.36. The highest BCUT2D eigenvalue weighted by Gasteiger charge is 2.51. The maximum absolute atomic E-state index is 6.93. The minimum Gasteiger partial charge on any atom is -0.366 e. The Kier molecular flexibility index (Phi) is 5.96. The Hall–Kier alpha value is -0.390. The van der Waals surface area contributed by atoms with Crippen LogP contribution in [0.15, 0.2) is 30.3 Å². The second-order valence-electron chi connectivity index (χ2n) is 9.06. The first-order valence-corrected chi connectivity index (χ1v) is 10.7. The Morgan fingerprint density at radius 2 is 1.57 bits per heavy atom. The molecule has 0 amide bonds. The molecule has 1 saturated heterocycles. The Morgan fingerprint density at radius 3 is 2.00 bits per heavy atom. The summed E-state index contributed by atoms with van der Waals surface area (Å²) >= 11 is 0. The molecule has 130 valence electrons. The molecule has 0 radical (unpaired) electrons. The van der Waals surface area contributed by atoms with Crippen molar-refractivity contribution in [1.82, 2.24) is 0 Å². The van der Waals surface area contributed by atoms with Gasteiger partial charge in [-0.15, -0.1) is 0 Å². The first-order chi connectivity index (χ1) is 10.6. The molecule has 2 atom stereocenters. The van der Waals surface area contributed by atoms with Crippen LogP contribution in [0.3, 0.4) is 0 Å². The molecule has 0 N–H and O–H groups in total. The number of hydrogen-bond acceptors (Lipinski definition) is 1. The quantitative estimate of drug-likeness (QED) is 0.598. The summed E-state index contributed by atoms with van der Waals surface area (Å²) in [7, 11) is -0.279. The van der Waals surface area contributed by atoms with Gasteiger partial charge in [-0.25, -0.2) is 0 Å². The largest absolute Gasteiger partial charge is 0.366 e. The third-order valence-electron chi connectivity index (χ3n) is 4.69. The normalized spacial score (nSPS) is 24.6. The van der Waals surface area contributed by atoms with Crippen molar-refractivity contribution < 1.29 is 4.74 Å². The molecule has 1 aromatic rings.